The molecule has 4 heteroatoms. The summed E-state index contributed by atoms with van der Waals surface area (Å²) < 4.78 is 12.8. The number of carbonyl (C=O) groups is 1. The minimum Gasteiger partial charge on any atom is -0.311 e. The molecule has 2 aromatic rings. The van der Waals surface area contributed by atoms with E-state index in [1.807, 2.05) is 0 Å². The van der Waals surface area contributed by atoms with Crippen molar-refractivity contribution in [2.24, 2.45) is 0 Å². The maximum atomic E-state index is 12.8. The van der Waals surface area contributed by atoms with Crippen molar-refractivity contribution in [1.29, 1.82) is 0 Å². The van der Waals surface area contributed by atoms with Crippen LogP contribution in [0.5, 0.6) is 0 Å². The Morgan fingerprint density at radius 3 is 2.55 bits per heavy atom. The molecule has 0 spiro atoms. The maximum Gasteiger partial charge on any atom is 0.223 e. The topological polar surface area (TPSA) is 24.7 Å². The first-order valence-electron chi connectivity index (χ1n) is 6.61. The van der Waals surface area contributed by atoms with Gasteiger partial charge in [0, 0.05) is 12.5 Å². The van der Waals surface area contributed by atoms with E-state index in [1.165, 1.54) is 24.0 Å². The summed E-state index contributed by atoms with van der Waals surface area (Å²) in [7, 11) is 0. The van der Waals surface area contributed by atoms with Gasteiger partial charge in [0.25, 0.3) is 0 Å². The van der Waals surface area contributed by atoms with Crippen LogP contribution in [0.2, 0.25) is 0 Å². The quantitative estimate of drug-likeness (QED) is 0.610. The molecule has 0 saturated heterocycles. The number of para-hydroxylation sites is 2. The van der Waals surface area contributed by atoms with Gasteiger partial charge in [0.2, 0.25) is 11.6 Å². The molecule has 0 bridgehead atoms. The average molecular weight is 292 g/mol. The summed E-state index contributed by atoms with van der Waals surface area (Å²) in [5.74, 6) is 5.25. The van der Waals surface area contributed by atoms with Gasteiger partial charge in [0.15, 0.2) is 0 Å². The van der Waals surface area contributed by atoms with Crippen molar-refractivity contribution in [3.63, 3.8) is 0 Å². The molecule has 108 valence electrons. The van der Waals surface area contributed by atoms with Crippen LogP contribution in [0.4, 0.5) is 15.8 Å². The summed E-state index contributed by atoms with van der Waals surface area (Å²) in [6.07, 6.45) is 0. The predicted molar refractivity (Wildman–Crippen MR) is 84.0 cm³/mol. The lowest BCUT2D eigenvalue weighted by atomic mass is 10.2. The van der Waals surface area contributed by atoms with E-state index in [9.17, 15) is 9.18 Å². The zero-order chi connectivity index (χ0) is 15.9. The zero-order valence-corrected chi connectivity index (χ0v) is 12.0. The first kappa shape index (κ1) is 15.3. The number of halogens is 1. The van der Waals surface area contributed by atoms with Gasteiger partial charge in [-0.25, -0.2) is 9.24 Å². The first-order chi connectivity index (χ1) is 10.6. The van der Waals surface area contributed by atoms with Gasteiger partial charge in [0.1, 0.15) is 5.82 Å². The molecule has 22 heavy (non-hydrogen) atoms. The van der Waals surface area contributed by atoms with E-state index in [-0.39, 0.29) is 18.3 Å². The van der Waals surface area contributed by atoms with Gasteiger partial charge < -0.3 is 4.90 Å². The lowest BCUT2D eigenvalue weighted by Crippen LogP contribution is -2.28. The number of rotatable bonds is 2. The van der Waals surface area contributed by atoms with E-state index in [0.717, 1.165) is 0 Å². The van der Waals surface area contributed by atoms with Crippen LogP contribution in [0.25, 0.3) is 4.85 Å². The molecule has 3 nitrogen and oxygen atoms in total. The Balaban J connectivity index is 2.23. The van der Waals surface area contributed by atoms with E-state index in [2.05, 4.69) is 16.7 Å². The van der Waals surface area contributed by atoms with Gasteiger partial charge in [-0.3, -0.25) is 4.79 Å². The molecule has 0 heterocycles. The fourth-order valence-corrected chi connectivity index (χ4v) is 1.91. The molecule has 0 atom stereocenters. The zero-order valence-electron chi connectivity index (χ0n) is 12.0. The minimum absolute atomic E-state index is 0.166. The molecule has 0 N–H and O–H groups in total. The SMILES string of the molecule is [C-]#[N+]c1ccccc1N(CC#Cc1ccc(F)cc1)C(C)=O. The number of hydrogen-bond donors (Lipinski definition) is 0. The Labute approximate surface area is 128 Å². The number of amides is 1. The molecule has 2 rings (SSSR count). The molecule has 2 aromatic carbocycles. The van der Waals surface area contributed by atoms with Crippen LogP contribution < -0.4 is 4.90 Å². The molecule has 0 fully saturated rings. The van der Waals surface area contributed by atoms with Crippen molar-refractivity contribution >= 4 is 17.3 Å². The molecule has 0 aromatic heterocycles. The van der Waals surface area contributed by atoms with E-state index >= 15 is 0 Å². The summed E-state index contributed by atoms with van der Waals surface area (Å²) in [5.41, 5.74) is 1.61. The Kier molecular flexibility index (Phi) is 4.90. The highest BCUT2D eigenvalue weighted by Crippen LogP contribution is 2.28. The lowest BCUT2D eigenvalue weighted by molar-refractivity contribution is -0.116. The number of carbonyl (C=O) groups excluding carboxylic acids is 1. The normalized spacial score (nSPS) is 9.32. The smallest absolute Gasteiger partial charge is 0.223 e. The van der Waals surface area contributed by atoms with Crippen LogP contribution in [-0.4, -0.2) is 12.5 Å². The minimum atomic E-state index is -0.318. The third-order valence-corrected chi connectivity index (χ3v) is 2.99. The third-order valence-electron chi connectivity index (χ3n) is 2.99. The van der Waals surface area contributed by atoms with Gasteiger partial charge in [-0.05, 0) is 30.3 Å². The predicted octanol–water partition coefficient (Wildman–Crippen LogP) is 3.78. The lowest BCUT2D eigenvalue weighted by Gasteiger charge is -2.19. The molecule has 0 aliphatic rings. The van der Waals surface area contributed by atoms with Crippen LogP contribution in [0.1, 0.15) is 12.5 Å². The second-order valence-electron chi connectivity index (χ2n) is 4.51. The first-order valence-corrected chi connectivity index (χ1v) is 6.61. The monoisotopic (exact) mass is 292 g/mol. The van der Waals surface area contributed by atoms with Crippen molar-refractivity contribution in [3.8, 4) is 11.8 Å². The fraction of sp³-hybridized carbons (Fsp3) is 0.111. The van der Waals surface area contributed by atoms with E-state index < -0.39 is 0 Å². The molecule has 0 aliphatic carbocycles. The Bertz CT molecular complexity index is 779. The molecule has 0 aliphatic heterocycles. The highest BCUT2D eigenvalue weighted by atomic mass is 19.1. The molecule has 0 radical (unpaired) electrons. The van der Waals surface area contributed by atoms with Gasteiger partial charge in [0.05, 0.1) is 18.8 Å². The molecule has 1 amide bonds. The largest absolute Gasteiger partial charge is 0.311 e. The van der Waals surface area contributed by atoms with Crippen LogP contribution in [0, 0.1) is 24.2 Å². The van der Waals surface area contributed by atoms with Crippen molar-refractivity contribution in [1.82, 2.24) is 0 Å². The number of anilines is 1. The van der Waals surface area contributed by atoms with Gasteiger partial charge in [-0.15, -0.1) is 0 Å². The highest BCUT2D eigenvalue weighted by Gasteiger charge is 2.13. The van der Waals surface area contributed by atoms with Crippen molar-refractivity contribution in [2.75, 3.05) is 11.4 Å². The average Bonchev–Trinajstić information content (AvgIpc) is 2.53. The fourth-order valence-electron chi connectivity index (χ4n) is 1.91. The van der Waals surface area contributed by atoms with Gasteiger partial charge in [-0.2, -0.15) is 0 Å². The van der Waals surface area contributed by atoms with Crippen LogP contribution in [-0.2, 0) is 4.79 Å². The van der Waals surface area contributed by atoms with E-state index in [0.29, 0.717) is 16.9 Å². The van der Waals surface area contributed by atoms with Crippen molar-refractivity contribution in [2.45, 2.75) is 6.92 Å². The van der Waals surface area contributed by atoms with Crippen molar-refractivity contribution in [3.05, 3.63) is 71.3 Å². The molecular weight excluding hydrogens is 279 g/mol. The Morgan fingerprint density at radius 1 is 1.23 bits per heavy atom. The molecule has 0 saturated carbocycles. The summed E-state index contributed by atoms with van der Waals surface area (Å²) in [5, 5.41) is 0. The number of nitrogens with zero attached hydrogens (tertiary/aromatic N) is 2. The highest BCUT2D eigenvalue weighted by molar-refractivity contribution is 5.95. The van der Waals surface area contributed by atoms with Gasteiger partial charge >= 0.3 is 0 Å². The Morgan fingerprint density at radius 2 is 1.91 bits per heavy atom. The summed E-state index contributed by atoms with van der Waals surface area (Å²) in [6, 6.07) is 12.7. The second kappa shape index (κ2) is 7.06. The van der Waals surface area contributed by atoms with Crippen LogP contribution in [0.3, 0.4) is 0 Å². The van der Waals surface area contributed by atoms with Gasteiger partial charge in [-0.1, -0.05) is 30.0 Å². The Hall–Kier alpha value is -3.11. The van der Waals surface area contributed by atoms with E-state index in [4.69, 9.17) is 6.57 Å². The van der Waals surface area contributed by atoms with Crippen molar-refractivity contribution < 1.29 is 9.18 Å². The van der Waals surface area contributed by atoms with Crippen LogP contribution >= 0.6 is 0 Å². The summed E-state index contributed by atoms with van der Waals surface area (Å²) in [4.78, 5) is 16.7. The second-order valence-corrected chi connectivity index (χ2v) is 4.51. The standard InChI is InChI=1S/C18H13FN2O/c1-14(22)21(18-8-4-3-7-17(18)20-2)13-5-6-15-9-11-16(19)12-10-15/h3-4,7-12H,13H2,1H3. The van der Waals surface area contributed by atoms with Crippen LogP contribution in [0.15, 0.2) is 48.5 Å². The third kappa shape index (κ3) is 3.71. The number of hydrogen-bond acceptors (Lipinski definition) is 1. The molecule has 0 unspecified atom stereocenters. The maximum absolute atomic E-state index is 12.8. The van der Waals surface area contributed by atoms with E-state index in [1.54, 1.807) is 36.4 Å². The summed E-state index contributed by atoms with van der Waals surface area (Å²) in [6.45, 7) is 8.76. The molecular formula is C18H13FN2O. The number of benzene rings is 2. The summed E-state index contributed by atoms with van der Waals surface area (Å²) >= 11 is 0.